The minimum atomic E-state index is 0.0162. The van der Waals surface area contributed by atoms with Crippen molar-refractivity contribution in [2.45, 2.75) is 69.1 Å². The molecule has 1 aromatic rings. The summed E-state index contributed by atoms with van der Waals surface area (Å²) in [5, 5.41) is 7.26. The van der Waals surface area contributed by atoms with Crippen LogP contribution in [0.2, 0.25) is 0 Å². The van der Waals surface area contributed by atoms with Gasteiger partial charge in [0.05, 0.1) is 5.60 Å². The Morgan fingerprint density at radius 3 is 2.66 bits per heavy atom. The van der Waals surface area contributed by atoms with Crippen molar-refractivity contribution in [3.8, 4) is 0 Å². The van der Waals surface area contributed by atoms with Crippen LogP contribution in [0, 0.1) is 0 Å². The molecule has 0 aromatic heterocycles. The molecule has 2 aliphatic carbocycles. The fourth-order valence-electron chi connectivity index (χ4n) is 4.70. The molecule has 1 saturated heterocycles. The van der Waals surface area contributed by atoms with Crippen LogP contribution in [0.15, 0.2) is 29.3 Å². The molecule has 0 radical (unpaired) electrons. The van der Waals surface area contributed by atoms with E-state index in [4.69, 9.17) is 4.74 Å². The molecule has 1 amide bonds. The van der Waals surface area contributed by atoms with Crippen LogP contribution in [0.1, 0.15) is 49.7 Å². The van der Waals surface area contributed by atoms with E-state index in [1.165, 1.54) is 30.4 Å². The molecule has 3 aliphatic rings. The van der Waals surface area contributed by atoms with E-state index in [0.717, 1.165) is 44.7 Å². The minimum Gasteiger partial charge on any atom is -0.375 e. The predicted molar refractivity (Wildman–Crippen MR) is 115 cm³/mol. The average molecular weight is 399 g/mol. The number of hydrogen-bond donors (Lipinski definition) is 2. The van der Waals surface area contributed by atoms with Gasteiger partial charge in [-0.1, -0.05) is 24.3 Å². The lowest BCUT2D eigenvalue weighted by Gasteiger charge is -2.47. The number of nitrogens with zero attached hydrogens (tertiary/aromatic N) is 2. The first-order valence-electron chi connectivity index (χ1n) is 11.0. The quantitative estimate of drug-likeness (QED) is 0.603. The van der Waals surface area contributed by atoms with Crippen molar-refractivity contribution in [1.82, 2.24) is 15.5 Å². The van der Waals surface area contributed by atoms with Crippen LogP contribution in [0.3, 0.4) is 0 Å². The highest BCUT2D eigenvalue weighted by molar-refractivity contribution is 5.85. The zero-order valence-corrected chi connectivity index (χ0v) is 17.7. The summed E-state index contributed by atoms with van der Waals surface area (Å²) in [5.41, 5.74) is 2.96. The largest absolute Gasteiger partial charge is 0.375 e. The van der Waals surface area contributed by atoms with Gasteiger partial charge in [0.15, 0.2) is 5.96 Å². The number of carbonyl (C=O) groups is 1. The number of carbonyl (C=O) groups excluding carboxylic acids is 1. The van der Waals surface area contributed by atoms with Crippen LogP contribution in [0.4, 0.5) is 0 Å². The molecule has 2 unspecified atom stereocenters. The Kier molecular flexibility index (Phi) is 6.09. The normalized spacial score (nSPS) is 25.7. The molecular formula is C23H34N4O2. The fraction of sp³-hybridized carbons (Fsp3) is 0.652. The van der Waals surface area contributed by atoms with Gasteiger partial charge in [-0.2, -0.15) is 0 Å². The number of guanidine groups is 1. The van der Waals surface area contributed by atoms with E-state index in [-0.39, 0.29) is 18.1 Å². The molecular weight excluding hydrogens is 364 g/mol. The molecule has 6 nitrogen and oxygen atoms in total. The molecule has 1 aromatic carbocycles. The summed E-state index contributed by atoms with van der Waals surface area (Å²) in [6.07, 6.45) is 8.78. The van der Waals surface area contributed by atoms with Gasteiger partial charge in [0.25, 0.3) is 0 Å². The fourth-order valence-corrected chi connectivity index (χ4v) is 4.70. The Hall–Kier alpha value is -2.08. The summed E-state index contributed by atoms with van der Waals surface area (Å²) >= 11 is 0. The second-order valence-electron chi connectivity index (χ2n) is 9.02. The van der Waals surface area contributed by atoms with Gasteiger partial charge in [0, 0.05) is 32.8 Å². The minimum absolute atomic E-state index is 0.0162. The van der Waals surface area contributed by atoms with Gasteiger partial charge in [-0.3, -0.25) is 4.79 Å². The summed E-state index contributed by atoms with van der Waals surface area (Å²) in [6.45, 7) is 0.971. The number of aliphatic imine (C=N–C) groups is 1. The number of nitrogens with one attached hydrogen (secondary N) is 2. The molecule has 2 fully saturated rings. The van der Waals surface area contributed by atoms with E-state index >= 15 is 0 Å². The second-order valence-corrected chi connectivity index (χ2v) is 9.02. The van der Waals surface area contributed by atoms with Gasteiger partial charge in [0.2, 0.25) is 5.91 Å². The van der Waals surface area contributed by atoms with Crippen LogP contribution in [-0.2, 0) is 22.4 Å². The average Bonchev–Trinajstić information content (AvgIpc) is 2.70. The maximum absolute atomic E-state index is 12.1. The summed E-state index contributed by atoms with van der Waals surface area (Å²) in [7, 11) is 3.55. The molecule has 1 heterocycles. The smallest absolute Gasteiger partial charge is 0.243 e. The Morgan fingerprint density at radius 1 is 1.17 bits per heavy atom. The lowest BCUT2D eigenvalue weighted by Crippen LogP contribution is -2.55. The van der Waals surface area contributed by atoms with E-state index < -0.39 is 0 Å². The SMILES string of the molecule is CN(C)C(=O)CN=C(NC1CCc2ccccc2C1)NC1CCOC2(CCC2)C1. The summed E-state index contributed by atoms with van der Waals surface area (Å²) in [5.74, 6) is 0.786. The van der Waals surface area contributed by atoms with Crippen LogP contribution < -0.4 is 10.6 Å². The lowest BCUT2D eigenvalue weighted by molar-refractivity contribution is -0.134. The molecule has 1 spiro atoms. The van der Waals surface area contributed by atoms with Crippen molar-refractivity contribution in [3.05, 3.63) is 35.4 Å². The van der Waals surface area contributed by atoms with Gasteiger partial charge in [0.1, 0.15) is 6.54 Å². The maximum atomic E-state index is 12.1. The standard InChI is InChI=1S/C23H34N4O2/c1-27(2)21(28)16-24-22(26-20-10-13-29-23(15-20)11-5-12-23)25-19-9-8-17-6-3-4-7-18(17)14-19/h3-4,6-7,19-20H,5,8-16H2,1-2H3,(H2,24,25,26). The third-order valence-corrected chi connectivity index (χ3v) is 6.66. The number of likely N-dealkylation sites (N-methyl/N-ethyl adjacent to an activating group) is 1. The summed E-state index contributed by atoms with van der Waals surface area (Å²) in [4.78, 5) is 18.3. The number of aryl methyl sites for hydroxylation is 1. The number of fused-ring (bicyclic) bond motifs is 1. The number of rotatable bonds is 4. The van der Waals surface area contributed by atoms with Gasteiger partial charge in [-0.05, 0) is 62.5 Å². The Balaban J connectivity index is 1.42. The summed E-state index contributed by atoms with van der Waals surface area (Å²) in [6, 6.07) is 9.37. The highest BCUT2D eigenvalue weighted by atomic mass is 16.5. The molecule has 1 aliphatic heterocycles. The first-order valence-corrected chi connectivity index (χ1v) is 11.0. The molecule has 2 N–H and O–H groups in total. The molecule has 158 valence electrons. The third kappa shape index (κ3) is 4.92. The Bertz CT molecular complexity index is 757. The zero-order valence-electron chi connectivity index (χ0n) is 17.7. The van der Waals surface area contributed by atoms with E-state index in [2.05, 4.69) is 39.9 Å². The molecule has 29 heavy (non-hydrogen) atoms. The second kappa shape index (κ2) is 8.74. The van der Waals surface area contributed by atoms with Crippen molar-refractivity contribution in [2.75, 3.05) is 27.2 Å². The van der Waals surface area contributed by atoms with Crippen molar-refractivity contribution < 1.29 is 9.53 Å². The Labute approximate surface area is 174 Å². The van der Waals surface area contributed by atoms with E-state index in [1.54, 1.807) is 19.0 Å². The maximum Gasteiger partial charge on any atom is 0.243 e. The van der Waals surface area contributed by atoms with Crippen LogP contribution in [0.25, 0.3) is 0 Å². The predicted octanol–water partition coefficient (Wildman–Crippen LogP) is 2.27. The van der Waals surface area contributed by atoms with E-state index in [1.807, 2.05) is 0 Å². The lowest BCUT2D eigenvalue weighted by atomic mass is 9.74. The van der Waals surface area contributed by atoms with Gasteiger partial charge in [-0.25, -0.2) is 4.99 Å². The Morgan fingerprint density at radius 2 is 1.93 bits per heavy atom. The number of amides is 1. The van der Waals surface area contributed by atoms with Crippen molar-refractivity contribution >= 4 is 11.9 Å². The molecule has 6 heteroatoms. The number of hydrogen-bond acceptors (Lipinski definition) is 3. The first-order chi connectivity index (χ1) is 14.0. The third-order valence-electron chi connectivity index (χ3n) is 6.66. The highest BCUT2D eigenvalue weighted by Gasteiger charge is 2.42. The van der Waals surface area contributed by atoms with E-state index in [9.17, 15) is 4.79 Å². The number of benzene rings is 1. The van der Waals surface area contributed by atoms with Crippen LogP contribution in [-0.4, -0.2) is 61.7 Å². The topological polar surface area (TPSA) is 66.0 Å². The van der Waals surface area contributed by atoms with Crippen LogP contribution >= 0.6 is 0 Å². The highest BCUT2D eigenvalue weighted by Crippen LogP contribution is 2.42. The van der Waals surface area contributed by atoms with Crippen molar-refractivity contribution in [1.29, 1.82) is 0 Å². The first kappa shape index (κ1) is 20.2. The van der Waals surface area contributed by atoms with Gasteiger partial charge < -0.3 is 20.3 Å². The summed E-state index contributed by atoms with van der Waals surface area (Å²) < 4.78 is 6.07. The van der Waals surface area contributed by atoms with E-state index in [0.29, 0.717) is 12.1 Å². The van der Waals surface area contributed by atoms with Gasteiger partial charge >= 0.3 is 0 Å². The van der Waals surface area contributed by atoms with Crippen molar-refractivity contribution in [2.24, 2.45) is 4.99 Å². The van der Waals surface area contributed by atoms with Crippen molar-refractivity contribution in [3.63, 3.8) is 0 Å². The molecule has 4 rings (SSSR count). The zero-order chi connectivity index (χ0) is 20.3. The van der Waals surface area contributed by atoms with Crippen LogP contribution in [0.5, 0.6) is 0 Å². The number of ether oxygens (including phenoxy) is 1. The van der Waals surface area contributed by atoms with Gasteiger partial charge in [-0.15, -0.1) is 0 Å². The monoisotopic (exact) mass is 398 g/mol. The molecule has 0 bridgehead atoms. The molecule has 1 saturated carbocycles. The molecule has 2 atom stereocenters.